The van der Waals surface area contributed by atoms with Crippen LogP contribution in [0.15, 0.2) is 0 Å². The van der Waals surface area contributed by atoms with Gasteiger partial charge < -0.3 is 24.6 Å². The molecule has 4 N–H and O–H groups in total. The van der Waals surface area contributed by atoms with Gasteiger partial charge in [-0.2, -0.15) is 0 Å². The summed E-state index contributed by atoms with van der Waals surface area (Å²) in [5.41, 5.74) is 0. The first-order valence-corrected chi connectivity index (χ1v) is 7.56. The highest BCUT2D eigenvalue weighted by molar-refractivity contribution is 7.47. The van der Waals surface area contributed by atoms with Crippen molar-refractivity contribution in [3.63, 3.8) is 0 Å². The lowest BCUT2D eigenvalue weighted by atomic mass is 10.4. The highest BCUT2D eigenvalue weighted by atomic mass is 31.2. The molecule has 0 heterocycles. The minimum Gasteiger partial charge on any atom is -0.388 e. The Morgan fingerprint density at radius 1 is 1.21 bits per heavy atom. The second kappa shape index (κ2) is 7.95. The van der Waals surface area contributed by atoms with Crippen LogP contribution in [0.5, 0.6) is 0 Å². The summed E-state index contributed by atoms with van der Waals surface area (Å²) in [4.78, 5) is 46.8. The Kier molecular flexibility index (Phi) is 7.75. The number of carbonyl (C=O) groups excluding carboxylic acids is 2. The van der Waals surface area contributed by atoms with Gasteiger partial charge in [0.1, 0.15) is 19.3 Å². The van der Waals surface area contributed by atoms with E-state index >= 15 is 0 Å². The molecule has 112 valence electrons. The van der Waals surface area contributed by atoms with Crippen molar-refractivity contribution in [2.45, 2.75) is 6.10 Å². The van der Waals surface area contributed by atoms with Gasteiger partial charge >= 0.3 is 15.6 Å². The van der Waals surface area contributed by atoms with Crippen LogP contribution >= 0.6 is 15.6 Å². The maximum absolute atomic E-state index is 11.2. The number of aldehydes is 1. The van der Waals surface area contributed by atoms with Gasteiger partial charge in [0, 0.05) is 0 Å². The lowest BCUT2D eigenvalue weighted by Gasteiger charge is -2.16. The first-order chi connectivity index (χ1) is 8.59. The van der Waals surface area contributed by atoms with E-state index < -0.39 is 47.4 Å². The summed E-state index contributed by atoms with van der Waals surface area (Å²) in [7, 11) is -9.68. The van der Waals surface area contributed by atoms with Crippen molar-refractivity contribution in [3.05, 3.63) is 0 Å². The van der Waals surface area contributed by atoms with Crippen LogP contribution < -0.4 is 0 Å². The molecule has 0 saturated heterocycles. The summed E-state index contributed by atoms with van der Waals surface area (Å²) >= 11 is 0. The van der Waals surface area contributed by atoms with Gasteiger partial charge in [-0.15, -0.1) is 0 Å². The molecular weight excluding hydrogens is 310 g/mol. The van der Waals surface area contributed by atoms with Crippen LogP contribution in [0.25, 0.3) is 0 Å². The third-order valence-corrected chi connectivity index (χ3v) is 2.87. The Bertz CT molecular complexity index is 400. The van der Waals surface area contributed by atoms with Crippen molar-refractivity contribution < 1.29 is 52.1 Å². The number of aliphatic hydroxyl groups is 1. The normalized spacial score (nSPS) is 16.6. The van der Waals surface area contributed by atoms with E-state index in [4.69, 9.17) is 19.8 Å². The van der Waals surface area contributed by atoms with E-state index in [0.29, 0.717) is 0 Å². The van der Waals surface area contributed by atoms with Gasteiger partial charge in [-0.25, -0.2) is 9.13 Å². The lowest BCUT2D eigenvalue weighted by molar-refractivity contribution is -0.124. The monoisotopic (exact) mass is 322 g/mol. The number of carbonyl (C=O) groups is 2. The van der Waals surface area contributed by atoms with Crippen LogP contribution in [-0.2, 0) is 32.3 Å². The second-order valence-corrected chi connectivity index (χ2v) is 5.65. The quantitative estimate of drug-likeness (QED) is 0.268. The fourth-order valence-electron chi connectivity index (χ4n) is 0.666. The molecule has 0 saturated carbocycles. The first kappa shape index (κ1) is 18.5. The van der Waals surface area contributed by atoms with Gasteiger partial charge in [0.05, 0.1) is 6.61 Å². The van der Waals surface area contributed by atoms with Gasteiger partial charge in [0.25, 0.3) is 0 Å². The second-order valence-electron chi connectivity index (χ2n) is 3.01. The van der Waals surface area contributed by atoms with Crippen LogP contribution in [0.3, 0.4) is 0 Å². The molecule has 19 heavy (non-hydrogen) atoms. The minimum atomic E-state index is -4.87. The van der Waals surface area contributed by atoms with E-state index in [1.54, 1.807) is 0 Å². The predicted molar refractivity (Wildman–Crippen MR) is 56.8 cm³/mol. The van der Waals surface area contributed by atoms with Crippen LogP contribution in [0.4, 0.5) is 0 Å². The number of ketones is 1. The minimum absolute atomic E-state index is 0.0459. The molecule has 0 aliphatic carbocycles. The molecule has 0 radical (unpaired) electrons. The van der Waals surface area contributed by atoms with Gasteiger partial charge in [-0.3, -0.25) is 18.4 Å². The zero-order valence-electron chi connectivity index (χ0n) is 9.32. The number of phosphoric acid groups is 2. The molecule has 0 rings (SSSR count). The van der Waals surface area contributed by atoms with Crippen molar-refractivity contribution in [2.75, 3.05) is 19.8 Å². The molecule has 0 spiro atoms. The van der Waals surface area contributed by atoms with Crippen molar-refractivity contribution in [3.8, 4) is 0 Å². The van der Waals surface area contributed by atoms with E-state index in [1.807, 2.05) is 0 Å². The van der Waals surface area contributed by atoms with Crippen molar-refractivity contribution in [1.29, 1.82) is 0 Å². The zero-order valence-corrected chi connectivity index (χ0v) is 11.1. The highest BCUT2D eigenvalue weighted by Crippen LogP contribution is 2.45. The van der Waals surface area contributed by atoms with Gasteiger partial charge in [-0.1, -0.05) is 0 Å². The number of rotatable bonds is 10. The maximum atomic E-state index is 11.2. The van der Waals surface area contributed by atoms with Crippen molar-refractivity contribution in [2.24, 2.45) is 0 Å². The standard InChI is InChI=1S/C6H12O11P2/c7-1-5(9)3-16-19(13,14)17-6(2-8)4-15-18(10,11)12/h2,6-7H,1,3-4H2,(H,13,14)(H2,10,11,12). The number of hydrogen-bond donors (Lipinski definition) is 4. The molecule has 0 amide bonds. The largest absolute Gasteiger partial charge is 0.473 e. The number of Topliss-reactive ketones (excluding diaryl/α,β-unsaturated/α-hetero) is 1. The van der Waals surface area contributed by atoms with E-state index in [9.17, 15) is 18.7 Å². The van der Waals surface area contributed by atoms with Crippen LogP contribution in [0.2, 0.25) is 0 Å². The Balaban J connectivity index is 4.35. The van der Waals surface area contributed by atoms with Gasteiger partial charge in [-0.05, 0) is 0 Å². The smallest absolute Gasteiger partial charge is 0.388 e. The van der Waals surface area contributed by atoms with Gasteiger partial charge in [0.2, 0.25) is 0 Å². The van der Waals surface area contributed by atoms with Crippen molar-refractivity contribution in [1.82, 2.24) is 0 Å². The molecule has 2 atom stereocenters. The molecule has 11 nitrogen and oxygen atoms in total. The average molecular weight is 322 g/mol. The zero-order chi connectivity index (χ0) is 15.1. The summed E-state index contributed by atoms with van der Waals surface area (Å²) in [6.45, 7) is -2.84. The van der Waals surface area contributed by atoms with E-state index in [2.05, 4.69) is 13.6 Å². The Labute approximate surface area is 107 Å². The fraction of sp³-hybridized carbons (Fsp3) is 0.667. The topological polar surface area (TPSA) is 177 Å². The van der Waals surface area contributed by atoms with Crippen molar-refractivity contribution >= 4 is 27.7 Å². The fourth-order valence-corrected chi connectivity index (χ4v) is 1.83. The van der Waals surface area contributed by atoms with Crippen LogP contribution in [-0.4, -0.2) is 57.8 Å². The Morgan fingerprint density at radius 2 is 1.79 bits per heavy atom. The molecule has 0 aromatic heterocycles. The summed E-state index contributed by atoms with van der Waals surface area (Å²) in [5, 5.41) is 8.33. The van der Waals surface area contributed by atoms with E-state index in [0.717, 1.165) is 0 Å². The summed E-state index contributed by atoms with van der Waals surface area (Å²) in [6.07, 6.45) is -1.83. The number of phosphoric ester groups is 2. The van der Waals surface area contributed by atoms with Crippen LogP contribution in [0.1, 0.15) is 0 Å². The summed E-state index contributed by atoms with van der Waals surface area (Å²) in [6, 6.07) is 0. The SMILES string of the molecule is O=CC(COP(=O)(O)O)OP(=O)(O)OCC(=O)CO. The van der Waals surface area contributed by atoms with E-state index in [-0.39, 0.29) is 6.29 Å². The third-order valence-electron chi connectivity index (χ3n) is 1.39. The molecular formula is C6H12O11P2. The number of aliphatic hydroxyl groups excluding tert-OH is 1. The average Bonchev–Trinajstić information content (AvgIpc) is 2.30. The van der Waals surface area contributed by atoms with E-state index in [1.165, 1.54) is 0 Å². The van der Waals surface area contributed by atoms with Crippen LogP contribution in [0, 0.1) is 0 Å². The summed E-state index contributed by atoms with van der Waals surface area (Å²) < 4.78 is 33.7. The molecule has 0 aromatic rings. The third kappa shape index (κ3) is 10.0. The lowest BCUT2D eigenvalue weighted by Crippen LogP contribution is -2.21. The Hall–Kier alpha value is -0.480. The number of hydrogen-bond acceptors (Lipinski definition) is 8. The molecule has 2 unspecified atom stereocenters. The highest BCUT2D eigenvalue weighted by Gasteiger charge is 2.29. The molecule has 0 aromatic carbocycles. The first-order valence-electron chi connectivity index (χ1n) is 4.53. The maximum Gasteiger partial charge on any atom is 0.473 e. The van der Waals surface area contributed by atoms with Gasteiger partial charge in [0.15, 0.2) is 12.1 Å². The Morgan fingerprint density at radius 3 is 2.21 bits per heavy atom. The molecule has 0 fully saturated rings. The molecule has 13 heteroatoms. The molecule has 0 aliphatic rings. The summed E-state index contributed by atoms with van der Waals surface area (Å²) in [5.74, 6) is -0.910. The predicted octanol–water partition coefficient (Wildman–Crippen LogP) is -1.64. The molecule has 0 aliphatic heterocycles. The molecule has 0 bridgehead atoms.